The molecule has 0 saturated carbocycles. The van der Waals surface area contributed by atoms with Crippen LogP contribution in [-0.2, 0) is 6.54 Å². The molecule has 2 N–H and O–H groups in total. The number of thiophene rings is 1. The van der Waals surface area contributed by atoms with Gasteiger partial charge in [0.25, 0.3) is 0 Å². The summed E-state index contributed by atoms with van der Waals surface area (Å²) < 4.78 is 0. The van der Waals surface area contributed by atoms with Crippen molar-refractivity contribution in [1.82, 2.24) is 0 Å². The van der Waals surface area contributed by atoms with Gasteiger partial charge < -0.3 is 9.80 Å². The number of rotatable bonds is 3. The molecule has 1 aromatic rings. The molecule has 2 nitrogen and oxygen atoms in total. The molecule has 15 heavy (non-hydrogen) atoms. The Bertz CT molecular complexity index is 276. The molecule has 0 aliphatic carbocycles. The van der Waals surface area contributed by atoms with Gasteiger partial charge in [0, 0.05) is 12.8 Å². The molecule has 1 saturated heterocycles. The van der Waals surface area contributed by atoms with E-state index in [0.717, 1.165) is 6.04 Å². The molecular weight excluding hydrogens is 204 g/mol. The van der Waals surface area contributed by atoms with Gasteiger partial charge in [-0.3, -0.25) is 0 Å². The van der Waals surface area contributed by atoms with E-state index in [1.165, 1.54) is 37.4 Å². The lowest BCUT2D eigenvalue weighted by molar-refractivity contribution is -0.948. The monoisotopic (exact) mass is 226 g/mol. The van der Waals surface area contributed by atoms with Gasteiger partial charge in [-0.05, 0) is 11.4 Å². The smallest absolute Gasteiger partial charge is 0.112 e. The number of hydrogen-bond acceptors (Lipinski definition) is 1. The average molecular weight is 226 g/mol. The van der Waals surface area contributed by atoms with Crippen molar-refractivity contribution < 1.29 is 9.80 Å². The van der Waals surface area contributed by atoms with E-state index in [1.807, 2.05) is 11.3 Å². The summed E-state index contributed by atoms with van der Waals surface area (Å²) in [7, 11) is 4.66. The first-order chi connectivity index (χ1) is 7.25. The van der Waals surface area contributed by atoms with Crippen molar-refractivity contribution in [3.8, 4) is 0 Å². The molecule has 3 heteroatoms. The van der Waals surface area contributed by atoms with E-state index in [2.05, 4.69) is 31.6 Å². The lowest BCUT2D eigenvalue weighted by atomic mass is 10.0. The minimum absolute atomic E-state index is 0.885. The second-order valence-electron chi connectivity index (χ2n) is 4.83. The maximum Gasteiger partial charge on any atom is 0.112 e. The molecule has 2 heterocycles. The molecular formula is C12H22N2S+2. The average Bonchev–Trinajstić information content (AvgIpc) is 2.71. The summed E-state index contributed by atoms with van der Waals surface area (Å²) in [6, 6.07) is 5.30. The number of piperidine rings is 1. The first kappa shape index (κ1) is 11.1. The van der Waals surface area contributed by atoms with Crippen molar-refractivity contribution in [2.24, 2.45) is 0 Å². The highest BCUT2D eigenvalue weighted by Crippen LogP contribution is 2.06. The highest BCUT2D eigenvalue weighted by Gasteiger charge is 2.25. The van der Waals surface area contributed by atoms with E-state index in [-0.39, 0.29) is 0 Å². The number of nitrogens with one attached hydrogen (secondary N) is 2. The fourth-order valence-corrected chi connectivity index (χ4v) is 3.24. The number of hydrogen-bond donors (Lipinski definition) is 2. The number of quaternary nitrogens is 2. The van der Waals surface area contributed by atoms with Crippen molar-refractivity contribution in [1.29, 1.82) is 0 Å². The van der Waals surface area contributed by atoms with Crippen LogP contribution in [0.4, 0.5) is 0 Å². The minimum Gasteiger partial charge on any atom is -0.337 e. The Morgan fingerprint density at radius 1 is 1.47 bits per heavy atom. The van der Waals surface area contributed by atoms with Gasteiger partial charge in [0.05, 0.1) is 38.1 Å². The van der Waals surface area contributed by atoms with E-state index in [4.69, 9.17) is 0 Å². The van der Waals surface area contributed by atoms with E-state index >= 15 is 0 Å². The Kier molecular flexibility index (Phi) is 3.78. The lowest BCUT2D eigenvalue weighted by Gasteiger charge is -2.30. The predicted molar refractivity (Wildman–Crippen MR) is 64.6 cm³/mol. The zero-order chi connectivity index (χ0) is 10.7. The second-order valence-corrected chi connectivity index (χ2v) is 5.87. The molecule has 1 aliphatic heterocycles. The highest BCUT2D eigenvalue weighted by atomic mass is 32.1. The van der Waals surface area contributed by atoms with E-state index in [0.29, 0.717) is 0 Å². The number of likely N-dealkylation sites (tertiary alicyclic amines) is 1. The van der Waals surface area contributed by atoms with Crippen LogP contribution in [-0.4, -0.2) is 33.2 Å². The minimum atomic E-state index is 0.885. The summed E-state index contributed by atoms with van der Waals surface area (Å²) in [5, 5.41) is 2.18. The van der Waals surface area contributed by atoms with Gasteiger partial charge >= 0.3 is 0 Å². The molecule has 1 unspecified atom stereocenters. The summed E-state index contributed by atoms with van der Waals surface area (Å²) in [6.07, 6.45) is 2.78. The SMILES string of the molecule is C[NH+]1CCC([NH+](C)Cc2cccs2)CC1. The van der Waals surface area contributed by atoms with Crippen molar-refractivity contribution >= 4 is 11.3 Å². The molecule has 1 aromatic heterocycles. The summed E-state index contributed by atoms with van der Waals surface area (Å²) >= 11 is 1.89. The zero-order valence-electron chi connectivity index (χ0n) is 9.75. The fraction of sp³-hybridized carbons (Fsp3) is 0.667. The van der Waals surface area contributed by atoms with E-state index in [9.17, 15) is 0 Å². The van der Waals surface area contributed by atoms with Crippen LogP contribution >= 0.6 is 11.3 Å². The van der Waals surface area contributed by atoms with Gasteiger partial charge in [-0.1, -0.05) is 6.07 Å². The van der Waals surface area contributed by atoms with Gasteiger partial charge in [-0.15, -0.1) is 11.3 Å². The normalized spacial score (nSPS) is 28.9. The van der Waals surface area contributed by atoms with Gasteiger partial charge in [0.2, 0.25) is 0 Å². The van der Waals surface area contributed by atoms with Crippen LogP contribution in [0.3, 0.4) is 0 Å². The van der Waals surface area contributed by atoms with Gasteiger partial charge in [-0.2, -0.15) is 0 Å². The van der Waals surface area contributed by atoms with Crippen molar-refractivity contribution in [2.45, 2.75) is 25.4 Å². The standard InChI is InChI=1S/C12H20N2S/c1-13-7-5-11(6-8-13)14(2)10-12-4-3-9-15-12/h3-4,9,11H,5-8,10H2,1-2H3/p+2. The third-order valence-electron chi connectivity index (χ3n) is 3.57. The Morgan fingerprint density at radius 2 is 2.20 bits per heavy atom. The molecule has 1 aliphatic rings. The Balaban J connectivity index is 1.83. The van der Waals surface area contributed by atoms with Crippen molar-refractivity contribution in [3.05, 3.63) is 22.4 Å². The van der Waals surface area contributed by atoms with Gasteiger partial charge in [0.15, 0.2) is 0 Å². The van der Waals surface area contributed by atoms with Crippen LogP contribution in [0.1, 0.15) is 17.7 Å². The molecule has 0 amide bonds. The quantitative estimate of drug-likeness (QED) is 0.684. The second kappa shape index (κ2) is 5.10. The van der Waals surface area contributed by atoms with E-state index < -0.39 is 0 Å². The summed E-state index contributed by atoms with van der Waals surface area (Å²) in [4.78, 5) is 4.93. The molecule has 2 rings (SSSR count). The Morgan fingerprint density at radius 3 is 2.80 bits per heavy atom. The third kappa shape index (κ3) is 3.03. The summed E-state index contributed by atoms with van der Waals surface area (Å²) in [6.45, 7) is 3.92. The van der Waals surface area contributed by atoms with Crippen molar-refractivity contribution in [3.63, 3.8) is 0 Å². The summed E-state index contributed by atoms with van der Waals surface area (Å²) in [5.41, 5.74) is 0. The van der Waals surface area contributed by atoms with Gasteiger partial charge in [-0.25, -0.2) is 0 Å². The molecule has 0 spiro atoms. The third-order valence-corrected chi connectivity index (χ3v) is 4.45. The largest absolute Gasteiger partial charge is 0.337 e. The maximum absolute atomic E-state index is 2.35. The van der Waals surface area contributed by atoms with Crippen LogP contribution in [0.2, 0.25) is 0 Å². The molecule has 0 radical (unpaired) electrons. The van der Waals surface area contributed by atoms with Crippen LogP contribution in [0, 0.1) is 0 Å². The zero-order valence-corrected chi connectivity index (χ0v) is 10.6. The highest BCUT2D eigenvalue weighted by molar-refractivity contribution is 7.09. The molecule has 1 atom stereocenters. The lowest BCUT2D eigenvalue weighted by Crippen LogP contribution is -3.17. The van der Waals surface area contributed by atoms with Crippen molar-refractivity contribution in [2.75, 3.05) is 27.2 Å². The van der Waals surface area contributed by atoms with Gasteiger partial charge in [0.1, 0.15) is 6.54 Å². The molecule has 0 bridgehead atoms. The first-order valence-corrected chi connectivity index (χ1v) is 6.79. The van der Waals surface area contributed by atoms with Crippen LogP contribution in [0.15, 0.2) is 17.5 Å². The predicted octanol–water partition coefficient (Wildman–Crippen LogP) is -0.560. The fourth-order valence-electron chi connectivity index (χ4n) is 2.44. The Hall–Kier alpha value is -0.380. The maximum atomic E-state index is 2.35. The Labute approximate surface area is 96.5 Å². The molecule has 1 fully saturated rings. The molecule has 84 valence electrons. The van der Waals surface area contributed by atoms with E-state index in [1.54, 1.807) is 9.80 Å². The van der Waals surface area contributed by atoms with Crippen LogP contribution in [0.25, 0.3) is 0 Å². The summed E-state index contributed by atoms with van der Waals surface area (Å²) in [5.74, 6) is 0. The van der Waals surface area contributed by atoms with Crippen LogP contribution < -0.4 is 9.80 Å². The van der Waals surface area contributed by atoms with Crippen LogP contribution in [0.5, 0.6) is 0 Å². The topological polar surface area (TPSA) is 8.88 Å². The molecule has 0 aromatic carbocycles. The first-order valence-electron chi connectivity index (χ1n) is 5.91.